The van der Waals surface area contributed by atoms with Crippen LogP contribution in [-0.2, 0) is 10.4 Å². The molecule has 0 saturated heterocycles. The van der Waals surface area contributed by atoms with E-state index in [1.165, 1.54) is 18.3 Å². The maximum absolute atomic E-state index is 13.1. The molecule has 4 aromatic rings. The summed E-state index contributed by atoms with van der Waals surface area (Å²) in [4.78, 5) is 33.8. The van der Waals surface area contributed by atoms with Gasteiger partial charge in [-0.2, -0.15) is 5.10 Å². The average Bonchev–Trinajstić information content (AvgIpc) is 2.94. The van der Waals surface area contributed by atoms with Crippen LogP contribution >= 0.6 is 0 Å². The molecule has 190 valence electrons. The van der Waals surface area contributed by atoms with Crippen LogP contribution in [0, 0.1) is 20.2 Å². The summed E-state index contributed by atoms with van der Waals surface area (Å²) in [5.74, 6) is -0.669. The van der Waals surface area contributed by atoms with Crippen LogP contribution in [-0.4, -0.2) is 27.1 Å². The van der Waals surface area contributed by atoms with Gasteiger partial charge in [-0.25, -0.2) is 5.43 Å². The number of non-ortho nitro benzene ring substituents is 1. The first-order valence-electron chi connectivity index (χ1n) is 11.2. The van der Waals surface area contributed by atoms with Crippen molar-refractivity contribution in [1.29, 1.82) is 0 Å². The number of nitrogens with zero attached hydrogens (tertiary/aromatic N) is 3. The topological polar surface area (TPSA) is 157 Å². The van der Waals surface area contributed by atoms with Crippen molar-refractivity contribution in [2.24, 2.45) is 5.10 Å². The van der Waals surface area contributed by atoms with Gasteiger partial charge in [-0.1, -0.05) is 60.7 Å². The van der Waals surface area contributed by atoms with E-state index in [1.807, 2.05) is 0 Å². The Balaban J connectivity index is 1.48. The van der Waals surface area contributed by atoms with Crippen LogP contribution in [0.5, 0.6) is 11.5 Å². The number of amides is 1. The standard InChI is InChI=1S/C27H20N4O7/c32-26(27(33,20-7-3-1-4-8-20)21-9-5-2-6-10-21)29-28-18-19-11-14-23(15-12-19)38-25-16-13-22(30(34)35)17-24(25)31(36)37/h1-18,33H,(H,29,32)/b28-18+. The highest BCUT2D eigenvalue weighted by atomic mass is 16.6. The first-order chi connectivity index (χ1) is 18.3. The maximum Gasteiger partial charge on any atom is 0.318 e. The third-order valence-electron chi connectivity index (χ3n) is 5.55. The minimum Gasteiger partial charge on any atom is -0.450 e. The van der Waals surface area contributed by atoms with Crippen LogP contribution in [0.4, 0.5) is 11.4 Å². The number of carbonyl (C=O) groups is 1. The minimum absolute atomic E-state index is 0.157. The molecule has 0 bridgehead atoms. The Hall–Kier alpha value is -5.42. The second kappa shape index (κ2) is 11.1. The fraction of sp³-hybridized carbons (Fsp3) is 0.0370. The van der Waals surface area contributed by atoms with E-state index in [1.54, 1.807) is 72.8 Å². The minimum atomic E-state index is -1.98. The fourth-order valence-electron chi connectivity index (χ4n) is 3.63. The number of hydrogen-bond donors (Lipinski definition) is 2. The van der Waals surface area contributed by atoms with Gasteiger partial charge in [0, 0.05) is 6.07 Å². The lowest BCUT2D eigenvalue weighted by atomic mass is 9.85. The van der Waals surface area contributed by atoms with E-state index in [0.29, 0.717) is 16.7 Å². The molecule has 4 aromatic carbocycles. The third-order valence-corrected chi connectivity index (χ3v) is 5.55. The monoisotopic (exact) mass is 512 g/mol. The van der Waals surface area contributed by atoms with Gasteiger partial charge in [-0.05, 0) is 47.0 Å². The van der Waals surface area contributed by atoms with Gasteiger partial charge in [0.2, 0.25) is 5.75 Å². The summed E-state index contributed by atoms with van der Waals surface area (Å²) in [6, 6.07) is 26.3. The predicted molar refractivity (Wildman–Crippen MR) is 138 cm³/mol. The predicted octanol–water partition coefficient (Wildman–Crippen LogP) is 4.68. The first-order valence-corrected chi connectivity index (χ1v) is 11.2. The van der Waals surface area contributed by atoms with Crippen molar-refractivity contribution in [1.82, 2.24) is 5.43 Å². The van der Waals surface area contributed by atoms with Crippen molar-refractivity contribution in [3.63, 3.8) is 0 Å². The summed E-state index contributed by atoms with van der Waals surface area (Å²) in [5, 5.41) is 37.6. The van der Waals surface area contributed by atoms with E-state index in [-0.39, 0.29) is 11.5 Å². The van der Waals surface area contributed by atoms with Gasteiger partial charge >= 0.3 is 5.69 Å². The number of ether oxygens (including phenoxy) is 1. The Morgan fingerprint density at radius 2 is 1.42 bits per heavy atom. The van der Waals surface area contributed by atoms with Crippen molar-refractivity contribution in [2.45, 2.75) is 5.60 Å². The molecule has 1 amide bonds. The van der Waals surface area contributed by atoms with E-state index in [2.05, 4.69) is 10.5 Å². The Morgan fingerprint density at radius 1 is 0.842 bits per heavy atom. The summed E-state index contributed by atoms with van der Waals surface area (Å²) in [5.41, 5.74) is 0.736. The Kier molecular flexibility index (Phi) is 7.50. The lowest BCUT2D eigenvalue weighted by Gasteiger charge is -2.27. The van der Waals surface area contributed by atoms with Crippen LogP contribution in [0.25, 0.3) is 0 Å². The molecule has 0 radical (unpaired) electrons. The molecule has 0 aliphatic carbocycles. The molecule has 0 spiro atoms. The van der Waals surface area contributed by atoms with E-state index in [4.69, 9.17) is 4.74 Å². The number of benzene rings is 4. The summed E-state index contributed by atoms with van der Waals surface area (Å²) in [6.07, 6.45) is 1.35. The normalized spacial score (nSPS) is 11.2. The van der Waals surface area contributed by atoms with Gasteiger partial charge < -0.3 is 9.84 Å². The number of carbonyl (C=O) groups excluding carboxylic acids is 1. The van der Waals surface area contributed by atoms with Crippen LogP contribution in [0.15, 0.2) is 108 Å². The molecule has 11 nitrogen and oxygen atoms in total. The summed E-state index contributed by atoms with van der Waals surface area (Å²) in [6.45, 7) is 0. The van der Waals surface area contributed by atoms with Crippen molar-refractivity contribution in [3.05, 3.63) is 140 Å². The van der Waals surface area contributed by atoms with Crippen LogP contribution in [0.2, 0.25) is 0 Å². The van der Waals surface area contributed by atoms with Gasteiger partial charge in [0.1, 0.15) is 5.75 Å². The molecular formula is C27H20N4O7. The van der Waals surface area contributed by atoms with Crippen LogP contribution in [0.3, 0.4) is 0 Å². The molecule has 2 N–H and O–H groups in total. The number of nitro groups is 2. The number of nitrogens with one attached hydrogen (secondary N) is 1. The van der Waals surface area contributed by atoms with Crippen LogP contribution in [0.1, 0.15) is 16.7 Å². The van der Waals surface area contributed by atoms with E-state index in [0.717, 1.165) is 18.2 Å². The van der Waals surface area contributed by atoms with Gasteiger partial charge in [0.25, 0.3) is 11.6 Å². The zero-order valence-electron chi connectivity index (χ0n) is 19.6. The van der Waals surface area contributed by atoms with Gasteiger partial charge in [0.05, 0.1) is 22.1 Å². The second-order valence-corrected chi connectivity index (χ2v) is 7.98. The molecule has 0 unspecified atom stereocenters. The lowest BCUT2D eigenvalue weighted by molar-refractivity contribution is -0.394. The van der Waals surface area contributed by atoms with Crippen molar-refractivity contribution in [2.75, 3.05) is 0 Å². The SMILES string of the molecule is O=C(N/N=C/c1ccc(Oc2ccc([N+](=O)[O-])cc2[N+](=O)[O-])cc1)C(O)(c1ccccc1)c1ccccc1. The Labute approximate surface area is 215 Å². The Morgan fingerprint density at radius 3 is 1.95 bits per heavy atom. The molecule has 0 aromatic heterocycles. The summed E-state index contributed by atoms with van der Waals surface area (Å²) >= 11 is 0. The third kappa shape index (κ3) is 5.53. The Bertz CT molecular complexity index is 1450. The highest BCUT2D eigenvalue weighted by molar-refractivity contribution is 5.91. The van der Waals surface area contributed by atoms with E-state index >= 15 is 0 Å². The zero-order valence-corrected chi connectivity index (χ0v) is 19.6. The molecule has 0 aliphatic rings. The number of aliphatic hydroxyl groups is 1. The molecule has 0 saturated carbocycles. The van der Waals surface area contributed by atoms with Crippen molar-refractivity contribution >= 4 is 23.5 Å². The molecule has 0 heterocycles. The molecular weight excluding hydrogens is 492 g/mol. The molecule has 38 heavy (non-hydrogen) atoms. The highest BCUT2D eigenvalue weighted by Crippen LogP contribution is 2.34. The molecule has 0 atom stereocenters. The van der Waals surface area contributed by atoms with E-state index < -0.39 is 32.7 Å². The lowest BCUT2D eigenvalue weighted by Crippen LogP contribution is -2.43. The van der Waals surface area contributed by atoms with Crippen LogP contribution < -0.4 is 10.2 Å². The zero-order chi connectivity index (χ0) is 27.1. The maximum atomic E-state index is 13.1. The van der Waals surface area contributed by atoms with Gasteiger partial charge in [-0.15, -0.1) is 0 Å². The number of hydrogen-bond acceptors (Lipinski definition) is 8. The molecule has 0 fully saturated rings. The molecule has 11 heteroatoms. The largest absolute Gasteiger partial charge is 0.450 e. The second-order valence-electron chi connectivity index (χ2n) is 7.98. The number of rotatable bonds is 9. The van der Waals surface area contributed by atoms with Crippen molar-refractivity contribution in [3.8, 4) is 11.5 Å². The smallest absolute Gasteiger partial charge is 0.318 e. The molecule has 0 aliphatic heterocycles. The molecule has 4 rings (SSSR count). The number of nitro benzene ring substituents is 2. The van der Waals surface area contributed by atoms with Gasteiger partial charge in [-0.3, -0.25) is 25.0 Å². The summed E-state index contributed by atoms with van der Waals surface area (Å²) in [7, 11) is 0. The number of hydrazone groups is 1. The van der Waals surface area contributed by atoms with Gasteiger partial charge in [0.15, 0.2) is 5.60 Å². The fourth-order valence-corrected chi connectivity index (χ4v) is 3.63. The first kappa shape index (κ1) is 25.7. The van der Waals surface area contributed by atoms with E-state index in [9.17, 15) is 30.1 Å². The summed E-state index contributed by atoms with van der Waals surface area (Å²) < 4.78 is 5.53. The average molecular weight is 512 g/mol. The van der Waals surface area contributed by atoms with Crippen molar-refractivity contribution < 1.29 is 24.5 Å². The quantitative estimate of drug-likeness (QED) is 0.187. The highest BCUT2D eigenvalue weighted by Gasteiger charge is 2.39.